The highest BCUT2D eigenvalue weighted by Gasteiger charge is 2.47. The van der Waals surface area contributed by atoms with E-state index in [0.29, 0.717) is 11.6 Å². The van der Waals surface area contributed by atoms with Crippen LogP contribution in [-0.2, 0) is 6.42 Å². The third kappa shape index (κ3) is 1.90. The number of anilines is 2. The Kier molecular flexibility index (Phi) is 2.51. The Bertz CT molecular complexity index is 469. The zero-order valence-electron chi connectivity index (χ0n) is 11.4. The molecule has 4 bridgehead atoms. The highest BCUT2D eigenvalue weighted by atomic mass is 14.9. The van der Waals surface area contributed by atoms with Crippen LogP contribution in [0.1, 0.15) is 37.7 Å². The summed E-state index contributed by atoms with van der Waals surface area (Å²) in [6.45, 7) is 0. The summed E-state index contributed by atoms with van der Waals surface area (Å²) in [5.74, 6) is 6.02. The molecule has 1 aromatic rings. The predicted molar refractivity (Wildman–Crippen MR) is 77.3 cm³/mol. The molecule has 4 saturated carbocycles. The van der Waals surface area contributed by atoms with Crippen molar-refractivity contribution in [3.05, 3.63) is 17.7 Å². The van der Waals surface area contributed by atoms with Gasteiger partial charge in [-0.05, 0) is 79.7 Å². The van der Waals surface area contributed by atoms with E-state index in [0.717, 1.165) is 36.0 Å². The summed E-state index contributed by atoms with van der Waals surface area (Å²) < 4.78 is 0. The first-order valence-electron chi connectivity index (χ1n) is 7.70. The van der Waals surface area contributed by atoms with Gasteiger partial charge in [0.2, 0.25) is 0 Å². The molecule has 0 radical (unpaired) electrons. The summed E-state index contributed by atoms with van der Waals surface area (Å²) in [6, 6.07) is 3.98. The number of hydrogen-bond donors (Lipinski definition) is 2. The summed E-state index contributed by atoms with van der Waals surface area (Å²) in [5.41, 5.74) is 12.9. The molecule has 4 aliphatic carbocycles. The van der Waals surface area contributed by atoms with Crippen molar-refractivity contribution >= 4 is 11.6 Å². The molecule has 4 aliphatic rings. The molecule has 102 valence electrons. The molecule has 5 rings (SSSR count). The van der Waals surface area contributed by atoms with Crippen LogP contribution in [0.25, 0.3) is 0 Å². The Balaban J connectivity index is 1.56. The number of aromatic nitrogens is 1. The molecule has 3 heteroatoms. The topological polar surface area (TPSA) is 64.9 Å². The molecule has 4 N–H and O–H groups in total. The van der Waals surface area contributed by atoms with Crippen molar-refractivity contribution in [3.63, 3.8) is 0 Å². The molecule has 1 aromatic heterocycles. The van der Waals surface area contributed by atoms with Gasteiger partial charge in [-0.3, -0.25) is 0 Å². The van der Waals surface area contributed by atoms with Gasteiger partial charge in [0.15, 0.2) is 0 Å². The normalized spacial score (nSPS) is 39.7. The molecule has 3 nitrogen and oxygen atoms in total. The number of nitrogen functional groups attached to an aromatic ring is 2. The third-order valence-corrected chi connectivity index (χ3v) is 5.91. The van der Waals surface area contributed by atoms with Crippen LogP contribution < -0.4 is 11.5 Å². The van der Waals surface area contributed by atoms with Crippen LogP contribution in [0.5, 0.6) is 0 Å². The zero-order chi connectivity index (χ0) is 13.0. The van der Waals surface area contributed by atoms with E-state index < -0.39 is 0 Å². The Morgan fingerprint density at radius 2 is 1.58 bits per heavy atom. The van der Waals surface area contributed by atoms with E-state index >= 15 is 0 Å². The standard InChI is InChI=1S/C16H23N3/c17-15-2-1-11(16(18)19-15)8-14-12-4-9-3-10(6-12)7-13(14)5-9/h1-2,9-10,12-14H,3-8H2,(H4,17,18,19). The summed E-state index contributed by atoms with van der Waals surface area (Å²) in [5, 5.41) is 0. The van der Waals surface area contributed by atoms with Crippen LogP contribution in [0.3, 0.4) is 0 Å². The predicted octanol–water partition coefficient (Wildman–Crippen LogP) is 2.86. The van der Waals surface area contributed by atoms with E-state index in [1.165, 1.54) is 37.7 Å². The first-order chi connectivity index (χ1) is 9.19. The van der Waals surface area contributed by atoms with E-state index in [4.69, 9.17) is 11.5 Å². The number of rotatable bonds is 2. The van der Waals surface area contributed by atoms with Crippen molar-refractivity contribution in [1.29, 1.82) is 0 Å². The summed E-state index contributed by atoms with van der Waals surface area (Å²) in [4.78, 5) is 4.21. The quantitative estimate of drug-likeness (QED) is 0.856. The van der Waals surface area contributed by atoms with Crippen LogP contribution in [-0.4, -0.2) is 4.98 Å². The first kappa shape index (κ1) is 11.6. The van der Waals surface area contributed by atoms with Gasteiger partial charge in [0.05, 0.1) is 0 Å². The van der Waals surface area contributed by atoms with Crippen LogP contribution in [0.4, 0.5) is 11.6 Å². The lowest BCUT2D eigenvalue weighted by molar-refractivity contribution is -0.0359. The van der Waals surface area contributed by atoms with Crippen molar-refractivity contribution < 1.29 is 0 Å². The van der Waals surface area contributed by atoms with Crippen molar-refractivity contribution in [2.75, 3.05) is 11.5 Å². The lowest BCUT2D eigenvalue weighted by Gasteiger charge is -2.54. The summed E-state index contributed by atoms with van der Waals surface area (Å²) in [7, 11) is 0. The number of nitrogens with zero attached hydrogens (tertiary/aromatic N) is 1. The molecule has 0 aliphatic heterocycles. The summed E-state index contributed by atoms with van der Waals surface area (Å²) in [6.07, 6.45) is 8.53. The van der Waals surface area contributed by atoms with Gasteiger partial charge < -0.3 is 11.5 Å². The largest absolute Gasteiger partial charge is 0.384 e. The second-order valence-electron chi connectivity index (χ2n) is 7.08. The monoisotopic (exact) mass is 257 g/mol. The van der Waals surface area contributed by atoms with Gasteiger partial charge in [-0.25, -0.2) is 4.98 Å². The van der Waals surface area contributed by atoms with E-state index in [9.17, 15) is 0 Å². The van der Waals surface area contributed by atoms with Crippen LogP contribution in [0.2, 0.25) is 0 Å². The van der Waals surface area contributed by atoms with Gasteiger partial charge in [0.25, 0.3) is 0 Å². The maximum Gasteiger partial charge on any atom is 0.129 e. The molecule has 0 saturated heterocycles. The number of pyridine rings is 1. The lowest BCUT2D eigenvalue weighted by Crippen LogP contribution is -2.45. The highest BCUT2D eigenvalue weighted by Crippen LogP contribution is 2.57. The highest BCUT2D eigenvalue weighted by molar-refractivity contribution is 5.46. The van der Waals surface area contributed by atoms with Crippen LogP contribution in [0.15, 0.2) is 12.1 Å². The number of hydrogen-bond acceptors (Lipinski definition) is 3. The fraction of sp³-hybridized carbons (Fsp3) is 0.688. The second-order valence-corrected chi connectivity index (χ2v) is 7.08. The fourth-order valence-electron chi connectivity index (χ4n) is 5.32. The van der Waals surface area contributed by atoms with Crippen molar-refractivity contribution in [2.24, 2.45) is 29.6 Å². The molecule has 0 aromatic carbocycles. The first-order valence-corrected chi connectivity index (χ1v) is 7.70. The molecule has 0 spiro atoms. The minimum atomic E-state index is 0.534. The van der Waals surface area contributed by atoms with Crippen LogP contribution >= 0.6 is 0 Å². The zero-order valence-corrected chi connectivity index (χ0v) is 11.4. The Morgan fingerprint density at radius 1 is 0.947 bits per heavy atom. The molecule has 1 heterocycles. The summed E-state index contributed by atoms with van der Waals surface area (Å²) >= 11 is 0. The molecular weight excluding hydrogens is 234 g/mol. The van der Waals surface area contributed by atoms with Gasteiger partial charge in [-0.2, -0.15) is 0 Å². The molecule has 4 fully saturated rings. The SMILES string of the molecule is Nc1ccc(CC2C3CC4CC(C3)CC2C4)c(N)n1. The third-order valence-electron chi connectivity index (χ3n) is 5.91. The Labute approximate surface area is 114 Å². The van der Waals surface area contributed by atoms with Gasteiger partial charge in [0.1, 0.15) is 11.6 Å². The minimum Gasteiger partial charge on any atom is -0.384 e. The van der Waals surface area contributed by atoms with Gasteiger partial charge >= 0.3 is 0 Å². The van der Waals surface area contributed by atoms with Crippen molar-refractivity contribution in [1.82, 2.24) is 4.98 Å². The average Bonchev–Trinajstić information content (AvgIpc) is 2.35. The van der Waals surface area contributed by atoms with Gasteiger partial charge in [-0.15, -0.1) is 0 Å². The van der Waals surface area contributed by atoms with E-state index in [-0.39, 0.29) is 0 Å². The maximum atomic E-state index is 6.03. The van der Waals surface area contributed by atoms with Crippen molar-refractivity contribution in [3.8, 4) is 0 Å². The molecule has 19 heavy (non-hydrogen) atoms. The molecule has 0 amide bonds. The fourth-order valence-corrected chi connectivity index (χ4v) is 5.32. The van der Waals surface area contributed by atoms with E-state index in [1.807, 2.05) is 6.07 Å². The molecular formula is C16H23N3. The smallest absolute Gasteiger partial charge is 0.129 e. The second kappa shape index (κ2) is 4.12. The van der Waals surface area contributed by atoms with Gasteiger partial charge in [-0.1, -0.05) is 6.07 Å². The minimum absolute atomic E-state index is 0.534. The maximum absolute atomic E-state index is 6.03. The van der Waals surface area contributed by atoms with Crippen LogP contribution in [0, 0.1) is 29.6 Å². The van der Waals surface area contributed by atoms with Crippen molar-refractivity contribution in [2.45, 2.75) is 38.5 Å². The lowest BCUT2D eigenvalue weighted by atomic mass is 9.51. The van der Waals surface area contributed by atoms with E-state index in [1.54, 1.807) is 0 Å². The molecule has 0 atom stereocenters. The van der Waals surface area contributed by atoms with E-state index in [2.05, 4.69) is 11.1 Å². The Hall–Kier alpha value is -1.25. The molecule has 0 unspecified atom stereocenters. The number of nitrogens with two attached hydrogens (primary N) is 2. The average molecular weight is 257 g/mol. The van der Waals surface area contributed by atoms with Gasteiger partial charge in [0, 0.05) is 0 Å². The Morgan fingerprint density at radius 3 is 2.16 bits per heavy atom.